The lowest BCUT2D eigenvalue weighted by atomic mass is 9.77. The molecule has 0 radical (unpaired) electrons. The average molecular weight is 256 g/mol. The highest BCUT2D eigenvalue weighted by molar-refractivity contribution is 5.86. The molecule has 3 rings (SSSR count). The molecule has 98 valence electrons. The number of fused-ring (bicyclic) bond motifs is 1. The normalized spacial score (nSPS) is 16.5. The van der Waals surface area contributed by atoms with E-state index in [2.05, 4.69) is 26.6 Å². The Morgan fingerprint density at radius 2 is 2.32 bits per heavy atom. The van der Waals surface area contributed by atoms with E-state index in [1.54, 1.807) is 0 Å². The lowest BCUT2D eigenvalue weighted by molar-refractivity contribution is -0.123. The molecular formula is C14H16N4O. The Kier molecular flexibility index (Phi) is 3.27. The molecule has 2 aromatic rings. The van der Waals surface area contributed by atoms with Gasteiger partial charge in [0.1, 0.15) is 12.2 Å². The number of benzene rings is 1. The zero-order chi connectivity index (χ0) is 13.1. The first-order chi connectivity index (χ1) is 9.34. The summed E-state index contributed by atoms with van der Waals surface area (Å²) in [6, 6.07) is 8.13. The van der Waals surface area contributed by atoms with Gasteiger partial charge in [0.2, 0.25) is 5.91 Å². The van der Waals surface area contributed by atoms with E-state index >= 15 is 0 Å². The second kappa shape index (κ2) is 5.22. The van der Waals surface area contributed by atoms with Crippen molar-refractivity contribution < 1.29 is 4.79 Å². The number of hydrogen-bond donors (Lipinski definition) is 2. The summed E-state index contributed by atoms with van der Waals surface area (Å²) in [5.41, 5.74) is 2.47. The highest BCUT2D eigenvalue weighted by atomic mass is 16.1. The number of aromatic nitrogens is 3. The summed E-state index contributed by atoms with van der Waals surface area (Å²) in [7, 11) is 0. The van der Waals surface area contributed by atoms with Gasteiger partial charge in [-0.3, -0.25) is 9.89 Å². The van der Waals surface area contributed by atoms with Crippen molar-refractivity contribution in [2.75, 3.05) is 6.54 Å². The molecule has 1 aromatic carbocycles. The van der Waals surface area contributed by atoms with Crippen molar-refractivity contribution in [1.29, 1.82) is 0 Å². The Morgan fingerprint density at radius 1 is 1.42 bits per heavy atom. The Hall–Kier alpha value is -2.17. The third-order valence-corrected chi connectivity index (χ3v) is 3.53. The van der Waals surface area contributed by atoms with Crippen molar-refractivity contribution in [2.24, 2.45) is 0 Å². The van der Waals surface area contributed by atoms with E-state index < -0.39 is 0 Å². The first-order valence-electron chi connectivity index (χ1n) is 6.54. The van der Waals surface area contributed by atoms with Gasteiger partial charge < -0.3 is 5.32 Å². The highest BCUT2D eigenvalue weighted by Gasteiger charge is 2.31. The van der Waals surface area contributed by atoms with E-state index in [4.69, 9.17) is 0 Å². The molecular weight excluding hydrogens is 240 g/mol. The van der Waals surface area contributed by atoms with Crippen LogP contribution in [0.5, 0.6) is 0 Å². The Bertz CT molecular complexity index is 565. The van der Waals surface area contributed by atoms with Gasteiger partial charge in [-0.1, -0.05) is 24.3 Å². The summed E-state index contributed by atoms with van der Waals surface area (Å²) in [5, 5.41) is 9.58. The summed E-state index contributed by atoms with van der Waals surface area (Å²) in [6.45, 7) is 0.679. The van der Waals surface area contributed by atoms with Crippen LogP contribution in [0.4, 0.5) is 0 Å². The zero-order valence-corrected chi connectivity index (χ0v) is 10.6. The van der Waals surface area contributed by atoms with Crippen LogP contribution in [-0.2, 0) is 17.6 Å². The molecule has 19 heavy (non-hydrogen) atoms. The van der Waals surface area contributed by atoms with Gasteiger partial charge in [-0.2, -0.15) is 5.10 Å². The maximum atomic E-state index is 12.0. The van der Waals surface area contributed by atoms with Crippen LogP contribution in [0.15, 0.2) is 30.6 Å². The molecule has 5 nitrogen and oxygen atoms in total. The molecule has 1 heterocycles. The van der Waals surface area contributed by atoms with Gasteiger partial charge in [-0.25, -0.2) is 4.98 Å². The SMILES string of the molecule is O=C(NCCCc1ncn[nH]1)C1Cc2ccccc21. The number of nitrogens with one attached hydrogen (secondary N) is 2. The van der Waals surface area contributed by atoms with E-state index in [1.807, 2.05) is 18.2 Å². The lowest BCUT2D eigenvalue weighted by Gasteiger charge is -2.28. The molecule has 1 aromatic heterocycles. The number of carbonyl (C=O) groups is 1. The monoisotopic (exact) mass is 256 g/mol. The summed E-state index contributed by atoms with van der Waals surface area (Å²) in [5.74, 6) is 1.04. The third kappa shape index (κ3) is 2.50. The molecule has 1 aliphatic rings. The average Bonchev–Trinajstić information content (AvgIpc) is 2.89. The van der Waals surface area contributed by atoms with Gasteiger partial charge in [-0.05, 0) is 24.0 Å². The third-order valence-electron chi connectivity index (χ3n) is 3.53. The second-order valence-corrected chi connectivity index (χ2v) is 4.78. The largest absolute Gasteiger partial charge is 0.356 e. The fraction of sp³-hybridized carbons (Fsp3) is 0.357. The summed E-state index contributed by atoms with van der Waals surface area (Å²) < 4.78 is 0. The number of aromatic amines is 1. The van der Waals surface area contributed by atoms with Crippen LogP contribution in [0.3, 0.4) is 0 Å². The first kappa shape index (κ1) is 11.9. The van der Waals surface area contributed by atoms with Gasteiger partial charge in [0.15, 0.2) is 0 Å². The number of H-pyrrole nitrogens is 1. The molecule has 0 aliphatic heterocycles. The quantitative estimate of drug-likeness (QED) is 0.789. The van der Waals surface area contributed by atoms with Crippen molar-refractivity contribution in [2.45, 2.75) is 25.2 Å². The van der Waals surface area contributed by atoms with Crippen molar-refractivity contribution >= 4 is 5.91 Å². The Morgan fingerprint density at radius 3 is 3.11 bits per heavy atom. The number of hydrogen-bond acceptors (Lipinski definition) is 3. The number of carbonyl (C=O) groups excluding carboxylic acids is 1. The summed E-state index contributed by atoms with van der Waals surface area (Å²) in [6.07, 6.45) is 4.04. The van der Waals surface area contributed by atoms with Crippen LogP contribution in [0.2, 0.25) is 0 Å². The van der Waals surface area contributed by atoms with Crippen LogP contribution in [0, 0.1) is 0 Å². The van der Waals surface area contributed by atoms with Gasteiger partial charge in [0.25, 0.3) is 0 Å². The van der Waals surface area contributed by atoms with Crippen molar-refractivity contribution in [3.05, 3.63) is 47.5 Å². The highest BCUT2D eigenvalue weighted by Crippen LogP contribution is 2.34. The minimum atomic E-state index is 0.0430. The molecule has 0 fully saturated rings. The van der Waals surface area contributed by atoms with Gasteiger partial charge >= 0.3 is 0 Å². The molecule has 1 aliphatic carbocycles. The molecule has 1 amide bonds. The molecule has 0 bridgehead atoms. The van der Waals surface area contributed by atoms with Crippen LogP contribution < -0.4 is 5.32 Å². The van der Waals surface area contributed by atoms with Gasteiger partial charge in [-0.15, -0.1) is 0 Å². The molecule has 0 saturated carbocycles. The van der Waals surface area contributed by atoms with Crippen molar-refractivity contribution in [3.8, 4) is 0 Å². The maximum Gasteiger partial charge on any atom is 0.227 e. The number of amides is 1. The summed E-state index contributed by atoms with van der Waals surface area (Å²) >= 11 is 0. The first-order valence-corrected chi connectivity index (χ1v) is 6.54. The smallest absolute Gasteiger partial charge is 0.227 e. The topological polar surface area (TPSA) is 70.7 Å². The lowest BCUT2D eigenvalue weighted by Crippen LogP contribution is -2.36. The van der Waals surface area contributed by atoms with Gasteiger partial charge in [0.05, 0.1) is 5.92 Å². The van der Waals surface area contributed by atoms with Crippen LogP contribution in [0.25, 0.3) is 0 Å². The number of rotatable bonds is 5. The second-order valence-electron chi connectivity index (χ2n) is 4.78. The zero-order valence-electron chi connectivity index (χ0n) is 10.6. The van der Waals surface area contributed by atoms with E-state index in [-0.39, 0.29) is 11.8 Å². The molecule has 5 heteroatoms. The molecule has 0 saturated heterocycles. The standard InChI is InChI=1S/C14H16N4O/c19-14(12-8-10-4-1-2-5-11(10)12)15-7-3-6-13-16-9-17-18-13/h1-2,4-5,9,12H,3,6-8H2,(H,15,19)(H,16,17,18). The van der Waals surface area contributed by atoms with E-state index in [9.17, 15) is 4.79 Å². The minimum Gasteiger partial charge on any atom is -0.356 e. The molecule has 1 unspecified atom stereocenters. The van der Waals surface area contributed by atoms with E-state index in [0.717, 1.165) is 25.1 Å². The number of nitrogens with zero attached hydrogens (tertiary/aromatic N) is 2. The maximum absolute atomic E-state index is 12.0. The van der Waals surface area contributed by atoms with Gasteiger partial charge in [0, 0.05) is 13.0 Å². The predicted molar refractivity (Wildman–Crippen MR) is 70.6 cm³/mol. The summed E-state index contributed by atoms with van der Waals surface area (Å²) in [4.78, 5) is 16.0. The fourth-order valence-corrected chi connectivity index (χ4v) is 2.43. The predicted octanol–water partition coefficient (Wildman–Crippen LogP) is 1.19. The minimum absolute atomic E-state index is 0.0430. The molecule has 2 N–H and O–H groups in total. The van der Waals surface area contributed by atoms with E-state index in [1.165, 1.54) is 17.5 Å². The molecule has 1 atom stereocenters. The van der Waals surface area contributed by atoms with Crippen LogP contribution >= 0.6 is 0 Å². The Balaban J connectivity index is 1.43. The van der Waals surface area contributed by atoms with Crippen molar-refractivity contribution in [1.82, 2.24) is 20.5 Å². The Labute approximate surface area is 111 Å². The number of aryl methyl sites for hydroxylation is 1. The fourth-order valence-electron chi connectivity index (χ4n) is 2.43. The van der Waals surface area contributed by atoms with Crippen LogP contribution in [0.1, 0.15) is 29.3 Å². The molecule has 0 spiro atoms. The van der Waals surface area contributed by atoms with Crippen LogP contribution in [-0.4, -0.2) is 27.6 Å². The van der Waals surface area contributed by atoms with E-state index in [0.29, 0.717) is 6.54 Å². The van der Waals surface area contributed by atoms with Crippen molar-refractivity contribution in [3.63, 3.8) is 0 Å².